The Balaban J connectivity index is 1.68. The van der Waals surface area contributed by atoms with E-state index in [1.807, 2.05) is 18.2 Å². The predicted octanol–water partition coefficient (Wildman–Crippen LogP) is 2.80. The van der Waals surface area contributed by atoms with Crippen LogP contribution < -0.4 is 15.5 Å². The van der Waals surface area contributed by atoms with Gasteiger partial charge in [0.1, 0.15) is 11.6 Å². The molecule has 0 unspecified atom stereocenters. The number of piperazine rings is 1. The molecule has 0 atom stereocenters. The van der Waals surface area contributed by atoms with Gasteiger partial charge in [0.05, 0.1) is 21.4 Å². The Labute approximate surface area is 136 Å². The van der Waals surface area contributed by atoms with Gasteiger partial charge in [-0.15, -0.1) is 0 Å². The third-order valence-corrected chi connectivity index (χ3v) is 4.25. The van der Waals surface area contributed by atoms with Crippen LogP contribution in [0.4, 0.5) is 17.3 Å². The lowest BCUT2D eigenvalue weighted by atomic mass is 10.3. The van der Waals surface area contributed by atoms with Crippen molar-refractivity contribution >= 4 is 44.9 Å². The second-order valence-electron chi connectivity index (χ2n) is 4.88. The zero-order valence-corrected chi connectivity index (χ0v) is 13.7. The van der Waals surface area contributed by atoms with Crippen molar-refractivity contribution in [3.05, 3.63) is 40.1 Å². The molecule has 0 amide bonds. The first-order valence-corrected chi connectivity index (χ1v) is 7.83. The summed E-state index contributed by atoms with van der Waals surface area (Å²) in [5, 5.41) is 0.635. The van der Waals surface area contributed by atoms with Crippen LogP contribution in [0.1, 0.15) is 0 Å². The van der Waals surface area contributed by atoms with Gasteiger partial charge < -0.3 is 15.5 Å². The normalized spacial score (nSPS) is 15.3. The van der Waals surface area contributed by atoms with Crippen LogP contribution >= 0.6 is 27.5 Å². The summed E-state index contributed by atoms with van der Waals surface area (Å²) in [7, 11) is 0. The number of hydrogen-bond acceptors (Lipinski definition) is 5. The van der Waals surface area contributed by atoms with Gasteiger partial charge in [-0.25, -0.2) is 9.97 Å². The Bertz CT molecular complexity index is 626. The lowest BCUT2D eigenvalue weighted by Gasteiger charge is -2.36. The minimum atomic E-state index is 0.635. The number of aromatic nitrogens is 2. The van der Waals surface area contributed by atoms with Crippen molar-refractivity contribution in [3.63, 3.8) is 0 Å². The van der Waals surface area contributed by atoms with E-state index in [1.165, 1.54) is 0 Å². The molecular formula is C14H15BrClN5. The number of hydrogen-bond donors (Lipinski definition) is 1. The summed E-state index contributed by atoms with van der Waals surface area (Å²) < 4.78 is 0.925. The van der Waals surface area contributed by atoms with Gasteiger partial charge in [-0.05, 0) is 34.1 Å². The molecule has 3 heterocycles. The topological polar surface area (TPSA) is 58.3 Å². The first-order valence-electron chi connectivity index (χ1n) is 6.66. The van der Waals surface area contributed by atoms with Crippen LogP contribution in [0.2, 0.25) is 5.02 Å². The van der Waals surface area contributed by atoms with Crippen LogP contribution in [0.15, 0.2) is 35.1 Å². The smallest absolute Gasteiger partial charge is 0.143 e. The molecule has 2 aromatic rings. The second kappa shape index (κ2) is 6.07. The maximum absolute atomic E-state index is 5.93. The predicted molar refractivity (Wildman–Crippen MR) is 90.0 cm³/mol. The molecule has 0 aliphatic carbocycles. The third kappa shape index (κ3) is 3.22. The highest BCUT2D eigenvalue weighted by Gasteiger charge is 2.20. The summed E-state index contributed by atoms with van der Waals surface area (Å²) in [5.74, 6) is 1.90. The lowest BCUT2D eigenvalue weighted by Crippen LogP contribution is -2.47. The third-order valence-electron chi connectivity index (χ3n) is 3.46. The molecule has 0 saturated carbocycles. The monoisotopic (exact) mass is 367 g/mol. The van der Waals surface area contributed by atoms with Gasteiger partial charge in [0, 0.05) is 32.4 Å². The van der Waals surface area contributed by atoms with Gasteiger partial charge in [-0.3, -0.25) is 0 Å². The van der Waals surface area contributed by atoms with Crippen LogP contribution in [-0.2, 0) is 0 Å². The average molecular weight is 369 g/mol. The van der Waals surface area contributed by atoms with Crippen LogP contribution in [0.5, 0.6) is 0 Å². The van der Waals surface area contributed by atoms with Crippen molar-refractivity contribution in [2.24, 2.45) is 0 Å². The van der Waals surface area contributed by atoms with E-state index in [2.05, 4.69) is 35.7 Å². The SMILES string of the molecule is Nc1ccc(N2CCN(c3ncc(Cl)cc3Br)CC2)nc1. The molecule has 110 valence electrons. The van der Waals surface area contributed by atoms with Crippen LogP contribution in [0.3, 0.4) is 0 Å². The van der Waals surface area contributed by atoms with E-state index in [0.29, 0.717) is 10.7 Å². The Morgan fingerprint density at radius 2 is 1.76 bits per heavy atom. The van der Waals surface area contributed by atoms with Crippen molar-refractivity contribution in [2.45, 2.75) is 0 Å². The number of halogens is 2. The van der Waals surface area contributed by atoms with Gasteiger partial charge in [-0.1, -0.05) is 11.6 Å². The van der Waals surface area contributed by atoms with Gasteiger partial charge in [0.15, 0.2) is 0 Å². The first kappa shape index (κ1) is 14.4. The van der Waals surface area contributed by atoms with E-state index in [-0.39, 0.29) is 0 Å². The minimum Gasteiger partial charge on any atom is -0.397 e. The summed E-state index contributed by atoms with van der Waals surface area (Å²) in [6.45, 7) is 3.57. The standard InChI is InChI=1S/C14H15BrClN5/c15-12-7-10(16)8-19-14(12)21-5-3-20(4-6-21)13-2-1-11(17)9-18-13/h1-2,7-9H,3-6,17H2. The quantitative estimate of drug-likeness (QED) is 0.883. The van der Waals surface area contributed by atoms with E-state index in [9.17, 15) is 0 Å². The summed E-state index contributed by atoms with van der Waals surface area (Å²) in [5.41, 5.74) is 6.36. The molecule has 1 aliphatic rings. The highest BCUT2D eigenvalue weighted by Crippen LogP contribution is 2.27. The largest absolute Gasteiger partial charge is 0.397 e. The van der Waals surface area contributed by atoms with Crippen molar-refractivity contribution < 1.29 is 0 Å². The molecule has 1 aliphatic heterocycles. The number of pyridine rings is 2. The number of rotatable bonds is 2. The van der Waals surface area contributed by atoms with E-state index >= 15 is 0 Å². The van der Waals surface area contributed by atoms with Crippen molar-refractivity contribution in [1.29, 1.82) is 0 Å². The molecular weight excluding hydrogens is 354 g/mol. The molecule has 7 heteroatoms. The fourth-order valence-electron chi connectivity index (χ4n) is 2.37. The number of anilines is 3. The maximum Gasteiger partial charge on any atom is 0.143 e. The molecule has 0 aromatic carbocycles. The molecule has 1 fully saturated rings. The van der Waals surface area contributed by atoms with Gasteiger partial charge in [0.2, 0.25) is 0 Å². The molecule has 2 N–H and O–H groups in total. The number of nitrogens with two attached hydrogens (primary N) is 1. The van der Waals surface area contributed by atoms with Crippen molar-refractivity contribution in [3.8, 4) is 0 Å². The molecule has 21 heavy (non-hydrogen) atoms. The maximum atomic E-state index is 5.93. The first-order chi connectivity index (χ1) is 10.1. The molecule has 5 nitrogen and oxygen atoms in total. The van der Waals surface area contributed by atoms with E-state index < -0.39 is 0 Å². The van der Waals surface area contributed by atoms with E-state index in [0.717, 1.165) is 42.3 Å². The van der Waals surface area contributed by atoms with Gasteiger partial charge in [0.25, 0.3) is 0 Å². The van der Waals surface area contributed by atoms with E-state index in [4.69, 9.17) is 17.3 Å². The van der Waals surface area contributed by atoms with E-state index in [1.54, 1.807) is 12.4 Å². The summed E-state index contributed by atoms with van der Waals surface area (Å²) >= 11 is 9.46. The molecule has 2 aromatic heterocycles. The summed E-state index contributed by atoms with van der Waals surface area (Å²) in [6.07, 6.45) is 3.37. The lowest BCUT2D eigenvalue weighted by molar-refractivity contribution is 0.641. The Morgan fingerprint density at radius 3 is 2.38 bits per heavy atom. The zero-order chi connectivity index (χ0) is 14.8. The van der Waals surface area contributed by atoms with Crippen LogP contribution in [-0.4, -0.2) is 36.1 Å². The van der Waals surface area contributed by atoms with Gasteiger partial charge in [-0.2, -0.15) is 0 Å². The Morgan fingerprint density at radius 1 is 1.05 bits per heavy atom. The fourth-order valence-corrected chi connectivity index (χ4v) is 3.26. The average Bonchev–Trinajstić information content (AvgIpc) is 2.48. The molecule has 0 spiro atoms. The fraction of sp³-hybridized carbons (Fsp3) is 0.286. The summed E-state index contributed by atoms with van der Waals surface area (Å²) in [6, 6.07) is 5.71. The number of nitrogen functional groups attached to an aromatic ring is 1. The Hall–Kier alpha value is -1.53. The highest BCUT2D eigenvalue weighted by molar-refractivity contribution is 9.10. The molecule has 3 rings (SSSR count). The second-order valence-corrected chi connectivity index (χ2v) is 6.17. The van der Waals surface area contributed by atoms with Crippen LogP contribution in [0.25, 0.3) is 0 Å². The Kier molecular flexibility index (Phi) is 4.17. The minimum absolute atomic E-state index is 0.635. The molecule has 0 bridgehead atoms. The van der Waals surface area contributed by atoms with Gasteiger partial charge >= 0.3 is 0 Å². The van der Waals surface area contributed by atoms with Crippen molar-refractivity contribution in [1.82, 2.24) is 9.97 Å². The highest BCUT2D eigenvalue weighted by atomic mass is 79.9. The van der Waals surface area contributed by atoms with Crippen molar-refractivity contribution in [2.75, 3.05) is 41.7 Å². The zero-order valence-electron chi connectivity index (χ0n) is 11.3. The molecule has 1 saturated heterocycles. The van der Waals surface area contributed by atoms with Crippen LogP contribution in [0, 0.1) is 0 Å². The molecule has 0 radical (unpaired) electrons. The summed E-state index contributed by atoms with van der Waals surface area (Å²) in [4.78, 5) is 13.3. The number of nitrogens with zero attached hydrogens (tertiary/aromatic N) is 4.